The van der Waals surface area contributed by atoms with Gasteiger partial charge < -0.3 is 45.2 Å². The number of piperidine rings is 1. The minimum absolute atomic E-state index is 0.0260. The standard InChI is InChI=1S/C57H75ClFN11O4S/c1-35-22-40(23-36(2)49(35)59)28-70-46-25-43(58)24-45(50(46)64-55(70)68-32-57(33-68)30-60-31-57)67-20-18-66(19-21-67)27-39-12-15-65(16-13-39)17-14-48(72)63-52(56(5,6)7)54(74)69-29-44(71)26-47(69)53(73)62-37(3)41-8-10-42(11-9-41)51-38(4)61-34-75-51/h8-11,22-25,34,37,39,44,47,52,60,71H,12-21,26-33H2,1-7H3,(H,62,73)(H,63,72). The highest BCUT2D eigenvalue weighted by Gasteiger charge is 2.49. The van der Waals surface area contributed by atoms with Gasteiger partial charge in [0.25, 0.3) is 0 Å². The Kier molecular flexibility index (Phi) is 15.4. The first kappa shape index (κ1) is 53.2. The summed E-state index contributed by atoms with van der Waals surface area (Å²) in [6.07, 6.45) is 1.65. The number of hydrogen-bond donors (Lipinski definition) is 4. The second-order valence-electron chi connectivity index (χ2n) is 23.5. The van der Waals surface area contributed by atoms with Gasteiger partial charge in [-0.3, -0.25) is 19.3 Å². The van der Waals surface area contributed by atoms with Crippen LogP contribution < -0.4 is 25.8 Å². The number of aliphatic hydroxyl groups is 1. The number of anilines is 2. The second-order valence-corrected chi connectivity index (χ2v) is 24.8. The molecular formula is C57H75ClFN11O4S. The smallest absolute Gasteiger partial charge is 0.246 e. The number of nitrogens with zero attached hydrogens (tertiary/aromatic N) is 8. The zero-order chi connectivity index (χ0) is 52.9. The predicted molar refractivity (Wildman–Crippen MR) is 296 cm³/mol. The van der Waals surface area contributed by atoms with Gasteiger partial charge in [0.1, 0.15) is 23.4 Å². The Morgan fingerprint density at radius 1 is 0.933 bits per heavy atom. The highest BCUT2D eigenvalue weighted by atomic mass is 35.5. The maximum atomic E-state index is 14.7. The quantitative estimate of drug-likeness (QED) is 0.0864. The second kappa shape index (κ2) is 21.7. The summed E-state index contributed by atoms with van der Waals surface area (Å²) in [6, 6.07) is 14.0. The van der Waals surface area contributed by atoms with Crippen molar-refractivity contribution in [2.75, 3.05) is 94.9 Å². The lowest BCUT2D eigenvalue weighted by Crippen LogP contribution is -2.71. The zero-order valence-electron chi connectivity index (χ0n) is 44.7. The van der Waals surface area contributed by atoms with Crippen LogP contribution in [0.15, 0.2) is 54.0 Å². The molecule has 5 saturated heterocycles. The van der Waals surface area contributed by atoms with E-state index < -0.39 is 23.6 Å². The molecule has 0 saturated carbocycles. The number of likely N-dealkylation sites (tertiary alicyclic amines) is 2. The average Bonchev–Trinajstić information content (AvgIpc) is 4.07. The maximum Gasteiger partial charge on any atom is 0.246 e. The number of imidazole rings is 1. The fraction of sp³-hybridized carbons (Fsp3) is 0.561. The number of amides is 3. The van der Waals surface area contributed by atoms with Gasteiger partial charge in [0.15, 0.2) is 0 Å². The Hall–Kier alpha value is -5.17. The number of aryl methyl sites for hydroxylation is 3. The van der Waals surface area contributed by atoms with Gasteiger partial charge in [-0.15, -0.1) is 11.3 Å². The van der Waals surface area contributed by atoms with Gasteiger partial charge in [-0.2, -0.15) is 0 Å². The van der Waals surface area contributed by atoms with Gasteiger partial charge in [0, 0.05) is 95.3 Å². The van der Waals surface area contributed by atoms with Gasteiger partial charge in [-0.05, 0) is 105 Å². The van der Waals surface area contributed by atoms with Gasteiger partial charge in [0.05, 0.1) is 46.0 Å². The number of β-amino-alcohol motifs (C(OH)–C–C–N with tert-alkyl or cyclic N) is 1. The summed E-state index contributed by atoms with van der Waals surface area (Å²) in [5.41, 5.74) is 9.84. The van der Waals surface area contributed by atoms with E-state index in [4.69, 9.17) is 16.6 Å². The first-order valence-electron chi connectivity index (χ1n) is 27.0. The molecule has 3 amide bonds. The van der Waals surface area contributed by atoms with E-state index in [1.165, 1.54) is 4.90 Å². The predicted octanol–water partition coefficient (Wildman–Crippen LogP) is 6.93. The minimum Gasteiger partial charge on any atom is -0.391 e. The van der Waals surface area contributed by atoms with Crippen LogP contribution in [0.1, 0.15) is 87.4 Å². The molecule has 4 atom stereocenters. The molecule has 1 spiro atoms. The highest BCUT2D eigenvalue weighted by Crippen LogP contribution is 2.41. The summed E-state index contributed by atoms with van der Waals surface area (Å²) in [5, 5.41) is 21.0. The number of aliphatic hydroxyl groups excluding tert-OH is 1. The summed E-state index contributed by atoms with van der Waals surface area (Å²) >= 11 is 8.53. The first-order chi connectivity index (χ1) is 35.8. The topological polar surface area (TPSA) is 154 Å². The number of benzene rings is 3. The fourth-order valence-electron chi connectivity index (χ4n) is 12.2. The number of hydrogen-bond acceptors (Lipinski definition) is 12. The Bertz CT molecular complexity index is 2870. The van der Waals surface area contributed by atoms with E-state index in [1.54, 1.807) is 11.3 Å². The van der Waals surface area contributed by atoms with Crippen LogP contribution in [0.4, 0.5) is 16.0 Å². The molecule has 18 heteroatoms. The van der Waals surface area contributed by atoms with E-state index in [1.807, 2.05) is 96.4 Å². The third-order valence-electron chi connectivity index (χ3n) is 16.6. The van der Waals surface area contributed by atoms with E-state index in [-0.39, 0.29) is 49.0 Å². The van der Waals surface area contributed by atoms with Crippen LogP contribution in [0.3, 0.4) is 0 Å². The fourth-order valence-corrected chi connectivity index (χ4v) is 13.2. The number of fused-ring (bicyclic) bond motifs is 1. The minimum atomic E-state index is -0.874. The lowest BCUT2D eigenvalue weighted by molar-refractivity contribution is -0.144. The van der Waals surface area contributed by atoms with Crippen molar-refractivity contribution in [2.45, 2.75) is 105 Å². The molecule has 5 fully saturated rings. The summed E-state index contributed by atoms with van der Waals surface area (Å²) in [5.74, 6) is 0.467. The number of halogens is 2. The Labute approximate surface area is 450 Å². The number of carbonyl (C=O) groups is 3. The van der Waals surface area contributed by atoms with Crippen molar-refractivity contribution in [1.82, 2.24) is 45.2 Å². The molecule has 0 aliphatic carbocycles. The van der Waals surface area contributed by atoms with Crippen molar-refractivity contribution >= 4 is 63.3 Å². The molecule has 3 aromatic carbocycles. The third-order valence-corrected chi connectivity index (χ3v) is 17.8. The largest absolute Gasteiger partial charge is 0.391 e. The van der Waals surface area contributed by atoms with Gasteiger partial charge >= 0.3 is 0 Å². The number of aromatic nitrogens is 3. The van der Waals surface area contributed by atoms with Crippen LogP contribution in [0.25, 0.3) is 21.5 Å². The van der Waals surface area contributed by atoms with E-state index in [2.05, 4.69) is 51.2 Å². The van der Waals surface area contributed by atoms with Gasteiger partial charge in [-0.1, -0.05) is 68.8 Å². The molecule has 0 bridgehead atoms. The molecule has 2 aromatic heterocycles. The van der Waals surface area contributed by atoms with Crippen molar-refractivity contribution in [2.24, 2.45) is 16.7 Å². The van der Waals surface area contributed by atoms with E-state index >= 15 is 0 Å². The van der Waals surface area contributed by atoms with Gasteiger partial charge in [0.2, 0.25) is 23.7 Å². The molecule has 0 radical (unpaired) electrons. The van der Waals surface area contributed by atoms with Crippen molar-refractivity contribution in [3.05, 3.63) is 92.8 Å². The number of carbonyl (C=O) groups excluding carboxylic acids is 3. The SMILES string of the molecule is Cc1cc(Cn2c(N3CC4(CNC4)C3)nc3c(N4CCN(CC5CCN(CCC(=O)NC(C(=O)N6CC(O)CC6C(=O)NC(C)c6ccc(-c7scnc7C)cc6)C(C)(C)C)CC5)CC4)cc(Cl)cc32)cc(C)c1F. The maximum absolute atomic E-state index is 14.7. The zero-order valence-corrected chi connectivity index (χ0v) is 46.3. The van der Waals surface area contributed by atoms with Gasteiger partial charge in [-0.25, -0.2) is 14.4 Å². The highest BCUT2D eigenvalue weighted by molar-refractivity contribution is 7.13. The van der Waals surface area contributed by atoms with E-state index in [9.17, 15) is 23.9 Å². The Morgan fingerprint density at radius 2 is 1.63 bits per heavy atom. The van der Waals surface area contributed by atoms with Crippen LogP contribution >= 0.6 is 22.9 Å². The van der Waals surface area contributed by atoms with Crippen molar-refractivity contribution in [3.63, 3.8) is 0 Å². The normalized spacial score (nSPS) is 21.3. The number of piperazine rings is 1. The number of thiazole rings is 1. The molecule has 402 valence electrons. The molecule has 75 heavy (non-hydrogen) atoms. The average molecular weight is 1060 g/mol. The molecular weight excluding hydrogens is 989 g/mol. The van der Waals surface area contributed by atoms with E-state index in [0.717, 1.165) is 135 Å². The molecule has 5 aliphatic heterocycles. The van der Waals surface area contributed by atoms with Crippen molar-refractivity contribution in [1.29, 1.82) is 0 Å². The summed E-state index contributed by atoms with van der Waals surface area (Å²) < 4.78 is 17.0. The number of rotatable bonds is 15. The summed E-state index contributed by atoms with van der Waals surface area (Å²) in [7, 11) is 0. The van der Waals surface area contributed by atoms with Crippen LogP contribution in [0.5, 0.6) is 0 Å². The molecule has 4 unspecified atom stereocenters. The molecule has 7 heterocycles. The lowest BCUT2D eigenvalue weighted by atomic mass is 9.75. The van der Waals surface area contributed by atoms with Crippen LogP contribution in [0.2, 0.25) is 5.02 Å². The van der Waals surface area contributed by atoms with Crippen molar-refractivity contribution < 1.29 is 23.9 Å². The third kappa shape index (κ3) is 11.5. The first-order valence-corrected chi connectivity index (χ1v) is 28.3. The molecule has 5 aliphatic rings. The molecule has 4 N–H and O–H groups in total. The lowest BCUT2D eigenvalue weighted by Gasteiger charge is -2.56. The summed E-state index contributed by atoms with van der Waals surface area (Å²) in [6.45, 7) is 25.0. The molecule has 10 rings (SSSR count). The monoisotopic (exact) mass is 1060 g/mol. The summed E-state index contributed by atoms with van der Waals surface area (Å²) in [4.78, 5) is 63.8. The molecule has 5 aromatic rings. The van der Waals surface area contributed by atoms with Crippen LogP contribution in [0, 0.1) is 43.3 Å². The van der Waals surface area contributed by atoms with Crippen molar-refractivity contribution in [3.8, 4) is 10.4 Å². The van der Waals surface area contributed by atoms with E-state index in [0.29, 0.717) is 40.6 Å². The van der Waals surface area contributed by atoms with Crippen LogP contribution in [-0.2, 0) is 20.9 Å². The Balaban J connectivity index is 0.699. The number of nitrogens with one attached hydrogen (secondary N) is 3. The molecule has 15 nitrogen and oxygen atoms in total. The Morgan fingerprint density at radius 3 is 2.25 bits per heavy atom. The van der Waals surface area contributed by atoms with Crippen LogP contribution in [-0.4, -0.2) is 155 Å².